The molecule has 1 unspecified atom stereocenters. The Kier molecular flexibility index (Phi) is 4.02. The van der Waals surface area contributed by atoms with E-state index in [1.54, 1.807) is 0 Å². The van der Waals surface area contributed by atoms with Gasteiger partial charge in [-0.3, -0.25) is 4.79 Å². The molecule has 0 N–H and O–H groups in total. The quantitative estimate of drug-likeness (QED) is 0.849. The zero-order chi connectivity index (χ0) is 15.0. The number of amides is 1. The van der Waals surface area contributed by atoms with Crippen LogP contribution in [0.2, 0.25) is 0 Å². The molecule has 0 saturated carbocycles. The Bertz CT molecular complexity index is 495. The minimum Gasteiger partial charge on any atom is -0.337 e. The number of rotatable bonds is 3. The number of piperidine rings is 1. The highest BCUT2D eigenvalue weighted by Crippen LogP contribution is 2.24. The molecule has 0 aliphatic carbocycles. The predicted molar refractivity (Wildman–Crippen MR) is 82.3 cm³/mol. The number of hydrogen-bond donors (Lipinski definition) is 0. The average Bonchev–Trinajstić information content (AvgIpc) is 3.07. The highest BCUT2D eigenvalue weighted by Gasteiger charge is 2.29. The summed E-state index contributed by atoms with van der Waals surface area (Å²) in [6, 6.07) is 0.280. The topological polar surface area (TPSA) is 41.4 Å². The first-order valence-electron chi connectivity index (χ1n) is 8.08. The lowest BCUT2D eigenvalue weighted by atomic mass is 9.89. The van der Waals surface area contributed by atoms with E-state index in [0.29, 0.717) is 11.6 Å². The van der Waals surface area contributed by atoms with Crippen LogP contribution in [-0.2, 0) is 13.0 Å². The fraction of sp³-hybridized carbons (Fsp3) is 0.750. The van der Waals surface area contributed by atoms with Gasteiger partial charge in [-0.1, -0.05) is 0 Å². The van der Waals surface area contributed by atoms with Gasteiger partial charge >= 0.3 is 0 Å². The van der Waals surface area contributed by atoms with E-state index in [2.05, 4.69) is 28.4 Å². The first-order valence-corrected chi connectivity index (χ1v) is 8.08. The summed E-state index contributed by atoms with van der Waals surface area (Å²) >= 11 is 0. The molecule has 21 heavy (non-hydrogen) atoms. The summed E-state index contributed by atoms with van der Waals surface area (Å²) in [7, 11) is 4.10. The molecule has 1 atom stereocenters. The first-order chi connectivity index (χ1) is 10.1. The molecule has 0 spiro atoms. The SMILES string of the molecule is CC(C1CCN(C)CC1)N(C)C(=O)c1cn2c(n1)CCC2. The summed E-state index contributed by atoms with van der Waals surface area (Å²) in [5.41, 5.74) is 0.618. The maximum Gasteiger partial charge on any atom is 0.274 e. The van der Waals surface area contributed by atoms with Crippen molar-refractivity contribution >= 4 is 5.91 Å². The van der Waals surface area contributed by atoms with Crippen LogP contribution in [0.15, 0.2) is 6.20 Å². The van der Waals surface area contributed by atoms with E-state index in [1.807, 2.05) is 18.1 Å². The van der Waals surface area contributed by atoms with Crippen LogP contribution in [0.3, 0.4) is 0 Å². The summed E-state index contributed by atoms with van der Waals surface area (Å²) in [5, 5.41) is 0. The molecule has 1 amide bonds. The maximum atomic E-state index is 12.6. The molecule has 2 aliphatic rings. The highest BCUT2D eigenvalue weighted by atomic mass is 16.2. The van der Waals surface area contributed by atoms with E-state index in [-0.39, 0.29) is 11.9 Å². The standard InChI is InChI=1S/C16H26N4O/c1-12(13-6-9-18(2)10-7-13)19(3)16(21)14-11-20-8-4-5-15(20)17-14/h11-13H,4-10H2,1-3H3. The van der Waals surface area contributed by atoms with Crippen molar-refractivity contribution in [2.24, 2.45) is 5.92 Å². The number of imidazole rings is 1. The molecule has 5 heteroatoms. The smallest absolute Gasteiger partial charge is 0.274 e. The fourth-order valence-electron chi connectivity index (χ4n) is 3.55. The van der Waals surface area contributed by atoms with Gasteiger partial charge in [-0.15, -0.1) is 0 Å². The van der Waals surface area contributed by atoms with Crippen LogP contribution in [-0.4, -0.2) is 58.5 Å². The molecule has 0 bridgehead atoms. The molecular formula is C16H26N4O. The highest BCUT2D eigenvalue weighted by molar-refractivity contribution is 5.92. The molecular weight excluding hydrogens is 264 g/mol. The van der Waals surface area contributed by atoms with Gasteiger partial charge in [0, 0.05) is 32.3 Å². The Labute approximate surface area is 126 Å². The number of carbonyl (C=O) groups is 1. The number of hydrogen-bond acceptors (Lipinski definition) is 3. The van der Waals surface area contributed by atoms with Crippen LogP contribution in [0.4, 0.5) is 0 Å². The number of aromatic nitrogens is 2. The van der Waals surface area contributed by atoms with Crippen molar-refractivity contribution in [3.63, 3.8) is 0 Å². The van der Waals surface area contributed by atoms with Crippen LogP contribution in [0.5, 0.6) is 0 Å². The summed E-state index contributed by atoms with van der Waals surface area (Å²) < 4.78 is 2.13. The van der Waals surface area contributed by atoms with E-state index >= 15 is 0 Å². The zero-order valence-corrected chi connectivity index (χ0v) is 13.4. The minimum atomic E-state index is 0.0725. The normalized spacial score (nSPS) is 21.3. The van der Waals surface area contributed by atoms with Crippen LogP contribution in [0, 0.1) is 5.92 Å². The van der Waals surface area contributed by atoms with Crippen molar-refractivity contribution in [1.29, 1.82) is 0 Å². The Morgan fingerprint density at radius 2 is 2.10 bits per heavy atom. The Hall–Kier alpha value is -1.36. The third kappa shape index (κ3) is 2.84. The van der Waals surface area contributed by atoms with Crippen molar-refractivity contribution < 1.29 is 4.79 Å². The van der Waals surface area contributed by atoms with Crippen LogP contribution >= 0.6 is 0 Å². The molecule has 2 aliphatic heterocycles. The Morgan fingerprint density at radius 1 is 1.38 bits per heavy atom. The van der Waals surface area contributed by atoms with Crippen LogP contribution in [0.25, 0.3) is 0 Å². The molecule has 0 radical (unpaired) electrons. The Balaban J connectivity index is 1.65. The third-order valence-corrected chi connectivity index (χ3v) is 5.25. The number of likely N-dealkylation sites (tertiary alicyclic amines) is 1. The summed E-state index contributed by atoms with van der Waals surface area (Å²) in [5.74, 6) is 1.74. The van der Waals surface area contributed by atoms with Crippen molar-refractivity contribution in [2.45, 2.75) is 45.2 Å². The lowest BCUT2D eigenvalue weighted by Crippen LogP contribution is -2.44. The van der Waals surface area contributed by atoms with E-state index in [0.717, 1.165) is 38.3 Å². The monoisotopic (exact) mass is 290 g/mol. The molecule has 1 aromatic rings. The second-order valence-corrected chi connectivity index (χ2v) is 6.64. The third-order valence-electron chi connectivity index (χ3n) is 5.25. The number of aryl methyl sites for hydroxylation is 2. The molecule has 3 heterocycles. The van der Waals surface area contributed by atoms with Gasteiger partial charge in [0.05, 0.1) is 0 Å². The van der Waals surface area contributed by atoms with E-state index in [1.165, 1.54) is 12.8 Å². The van der Waals surface area contributed by atoms with Crippen LogP contribution in [0.1, 0.15) is 42.5 Å². The van der Waals surface area contributed by atoms with Crippen molar-refractivity contribution in [3.05, 3.63) is 17.7 Å². The van der Waals surface area contributed by atoms with Gasteiger partial charge in [-0.25, -0.2) is 4.98 Å². The van der Waals surface area contributed by atoms with E-state index in [4.69, 9.17) is 0 Å². The number of carbonyl (C=O) groups excluding carboxylic acids is 1. The summed E-state index contributed by atoms with van der Waals surface area (Å²) in [6.45, 7) is 5.45. The molecule has 116 valence electrons. The van der Waals surface area contributed by atoms with Gasteiger partial charge in [0.1, 0.15) is 11.5 Å². The van der Waals surface area contributed by atoms with E-state index in [9.17, 15) is 4.79 Å². The van der Waals surface area contributed by atoms with E-state index < -0.39 is 0 Å². The molecule has 3 rings (SSSR count). The molecule has 1 aromatic heterocycles. The zero-order valence-electron chi connectivity index (χ0n) is 13.4. The van der Waals surface area contributed by atoms with Gasteiger partial charge < -0.3 is 14.4 Å². The average molecular weight is 290 g/mol. The number of nitrogens with zero attached hydrogens (tertiary/aromatic N) is 4. The van der Waals surface area contributed by atoms with Gasteiger partial charge in [0.2, 0.25) is 0 Å². The summed E-state index contributed by atoms with van der Waals surface area (Å²) in [4.78, 5) is 21.4. The molecule has 0 aromatic carbocycles. The summed E-state index contributed by atoms with van der Waals surface area (Å²) in [6.07, 6.45) is 6.44. The molecule has 1 saturated heterocycles. The second-order valence-electron chi connectivity index (χ2n) is 6.64. The maximum absolute atomic E-state index is 12.6. The molecule has 5 nitrogen and oxygen atoms in total. The predicted octanol–water partition coefficient (Wildman–Crippen LogP) is 1.63. The minimum absolute atomic E-state index is 0.0725. The van der Waals surface area contributed by atoms with Gasteiger partial charge in [0.25, 0.3) is 5.91 Å². The van der Waals surface area contributed by atoms with Crippen molar-refractivity contribution in [1.82, 2.24) is 19.4 Å². The van der Waals surface area contributed by atoms with Crippen molar-refractivity contribution in [2.75, 3.05) is 27.2 Å². The lowest BCUT2D eigenvalue weighted by molar-refractivity contribution is 0.0631. The van der Waals surface area contributed by atoms with Gasteiger partial charge in [0.15, 0.2) is 0 Å². The lowest BCUT2D eigenvalue weighted by Gasteiger charge is -2.36. The second kappa shape index (κ2) is 5.79. The molecule has 1 fully saturated rings. The Morgan fingerprint density at radius 3 is 2.76 bits per heavy atom. The van der Waals surface area contributed by atoms with Crippen molar-refractivity contribution in [3.8, 4) is 0 Å². The van der Waals surface area contributed by atoms with Gasteiger partial charge in [-0.05, 0) is 52.2 Å². The number of fused-ring (bicyclic) bond motifs is 1. The largest absolute Gasteiger partial charge is 0.337 e. The fourth-order valence-corrected chi connectivity index (χ4v) is 3.55. The van der Waals surface area contributed by atoms with Crippen LogP contribution < -0.4 is 0 Å². The first kappa shape index (κ1) is 14.6. The van der Waals surface area contributed by atoms with Gasteiger partial charge in [-0.2, -0.15) is 0 Å².